The molecule has 0 spiro atoms. The first-order valence-electron chi connectivity index (χ1n) is 6.00. The zero-order chi connectivity index (χ0) is 13.8. The summed E-state index contributed by atoms with van der Waals surface area (Å²) in [6.07, 6.45) is 0. The second kappa shape index (κ2) is 5.89. The number of methoxy groups -OCH3 is 1. The number of benzene rings is 1. The highest BCUT2D eigenvalue weighted by Gasteiger charge is 2.09. The highest BCUT2D eigenvalue weighted by molar-refractivity contribution is 6.21. The molecule has 5 heteroatoms. The van der Waals surface area contributed by atoms with Gasteiger partial charge in [-0.15, -0.1) is 11.6 Å². The predicted molar refractivity (Wildman–Crippen MR) is 77.3 cm³/mol. The molecule has 1 unspecified atom stereocenters. The highest BCUT2D eigenvalue weighted by atomic mass is 35.5. The fraction of sp³-hybridized carbons (Fsp3) is 0.286. The Kier molecular flexibility index (Phi) is 4.22. The van der Waals surface area contributed by atoms with Crippen LogP contribution in [0.5, 0.6) is 5.88 Å². The van der Waals surface area contributed by atoms with E-state index in [1.54, 1.807) is 13.2 Å². The van der Waals surface area contributed by atoms with Crippen LogP contribution in [0.3, 0.4) is 0 Å². The number of hydrogen-bond acceptors (Lipinski definition) is 4. The van der Waals surface area contributed by atoms with Gasteiger partial charge in [0.25, 0.3) is 0 Å². The molecule has 0 aliphatic carbocycles. The van der Waals surface area contributed by atoms with E-state index in [9.17, 15) is 0 Å². The van der Waals surface area contributed by atoms with Gasteiger partial charge in [-0.2, -0.15) is 4.98 Å². The van der Waals surface area contributed by atoms with Gasteiger partial charge in [0.2, 0.25) is 11.8 Å². The summed E-state index contributed by atoms with van der Waals surface area (Å²) >= 11 is 6.16. The Balaban J connectivity index is 2.33. The van der Waals surface area contributed by atoms with Crippen molar-refractivity contribution in [2.75, 3.05) is 12.4 Å². The van der Waals surface area contributed by atoms with Crippen molar-refractivity contribution in [1.29, 1.82) is 0 Å². The average molecular weight is 278 g/mol. The third kappa shape index (κ3) is 3.35. The molecule has 19 heavy (non-hydrogen) atoms. The highest BCUT2D eigenvalue weighted by Crippen LogP contribution is 2.28. The van der Waals surface area contributed by atoms with E-state index in [1.807, 2.05) is 38.1 Å². The molecule has 1 heterocycles. The van der Waals surface area contributed by atoms with E-state index < -0.39 is 0 Å². The van der Waals surface area contributed by atoms with Crippen molar-refractivity contribution >= 4 is 23.2 Å². The molecule has 0 amide bonds. The smallest absolute Gasteiger partial charge is 0.230 e. The van der Waals surface area contributed by atoms with Crippen molar-refractivity contribution in [3.63, 3.8) is 0 Å². The fourth-order valence-corrected chi connectivity index (χ4v) is 1.97. The summed E-state index contributed by atoms with van der Waals surface area (Å²) in [5.74, 6) is 1.04. The Hall–Kier alpha value is -1.81. The number of aromatic nitrogens is 2. The maximum atomic E-state index is 6.16. The van der Waals surface area contributed by atoms with Gasteiger partial charge in [-0.3, -0.25) is 0 Å². The minimum Gasteiger partial charge on any atom is -0.481 e. The number of alkyl halides is 1. The monoisotopic (exact) mass is 277 g/mol. The van der Waals surface area contributed by atoms with Crippen LogP contribution in [0.15, 0.2) is 30.3 Å². The molecule has 1 atom stereocenters. The van der Waals surface area contributed by atoms with Crippen LogP contribution in [0.25, 0.3) is 0 Å². The molecule has 2 aromatic rings. The quantitative estimate of drug-likeness (QED) is 0.863. The van der Waals surface area contributed by atoms with Gasteiger partial charge in [-0.05, 0) is 25.5 Å². The third-order valence-corrected chi connectivity index (χ3v) is 2.91. The lowest BCUT2D eigenvalue weighted by atomic mass is 10.1. The van der Waals surface area contributed by atoms with E-state index in [-0.39, 0.29) is 5.38 Å². The number of nitrogens with zero attached hydrogens (tertiary/aromatic N) is 2. The standard InChI is InChI=1S/C14H16ClN3O/c1-9-8-13(19-3)18-14(16-9)17-12-7-5-4-6-11(12)10(2)15/h4-8,10H,1-3H3,(H,16,17,18). The number of halogens is 1. The number of aryl methyl sites for hydroxylation is 1. The van der Waals surface area contributed by atoms with Crippen molar-refractivity contribution in [1.82, 2.24) is 9.97 Å². The Morgan fingerprint density at radius 1 is 1.26 bits per heavy atom. The largest absolute Gasteiger partial charge is 0.481 e. The molecule has 1 N–H and O–H groups in total. The Labute approximate surface area is 117 Å². The van der Waals surface area contributed by atoms with Crippen molar-refractivity contribution < 1.29 is 4.74 Å². The molecule has 1 aromatic carbocycles. The number of anilines is 2. The Morgan fingerprint density at radius 3 is 2.68 bits per heavy atom. The number of hydrogen-bond donors (Lipinski definition) is 1. The summed E-state index contributed by atoms with van der Waals surface area (Å²) in [5, 5.41) is 3.10. The number of para-hydroxylation sites is 1. The van der Waals surface area contributed by atoms with Crippen LogP contribution in [-0.4, -0.2) is 17.1 Å². The van der Waals surface area contributed by atoms with Crippen molar-refractivity contribution in [3.05, 3.63) is 41.6 Å². The molecular formula is C14H16ClN3O. The molecule has 0 bridgehead atoms. The van der Waals surface area contributed by atoms with E-state index >= 15 is 0 Å². The van der Waals surface area contributed by atoms with Gasteiger partial charge in [0.1, 0.15) is 0 Å². The van der Waals surface area contributed by atoms with E-state index in [1.165, 1.54) is 0 Å². The second-order valence-corrected chi connectivity index (χ2v) is 4.86. The molecule has 0 saturated heterocycles. The zero-order valence-corrected chi connectivity index (χ0v) is 11.9. The lowest BCUT2D eigenvalue weighted by Crippen LogP contribution is -2.02. The summed E-state index contributed by atoms with van der Waals surface area (Å²) < 4.78 is 5.13. The normalized spacial score (nSPS) is 12.0. The molecule has 0 aliphatic rings. The lowest BCUT2D eigenvalue weighted by Gasteiger charge is -2.13. The van der Waals surface area contributed by atoms with Crippen LogP contribution < -0.4 is 10.1 Å². The first kappa shape index (κ1) is 13.6. The van der Waals surface area contributed by atoms with E-state index in [2.05, 4.69) is 15.3 Å². The number of ether oxygens (including phenoxy) is 1. The zero-order valence-electron chi connectivity index (χ0n) is 11.1. The minimum atomic E-state index is -0.0876. The molecule has 2 rings (SSSR count). The summed E-state index contributed by atoms with van der Waals surface area (Å²) in [6, 6.07) is 9.61. The summed E-state index contributed by atoms with van der Waals surface area (Å²) in [4.78, 5) is 8.59. The van der Waals surface area contributed by atoms with Gasteiger partial charge in [-0.1, -0.05) is 18.2 Å². The van der Waals surface area contributed by atoms with Crippen LogP contribution >= 0.6 is 11.6 Å². The fourth-order valence-electron chi connectivity index (χ4n) is 1.78. The molecule has 100 valence electrons. The van der Waals surface area contributed by atoms with Crippen LogP contribution in [0.4, 0.5) is 11.6 Å². The van der Waals surface area contributed by atoms with Crippen LogP contribution in [0.1, 0.15) is 23.6 Å². The molecule has 1 aromatic heterocycles. The van der Waals surface area contributed by atoms with Crippen molar-refractivity contribution in [3.8, 4) is 5.88 Å². The van der Waals surface area contributed by atoms with E-state index in [0.717, 1.165) is 16.9 Å². The van der Waals surface area contributed by atoms with Gasteiger partial charge < -0.3 is 10.1 Å². The van der Waals surface area contributed by atoms with Crippen LogP contribution in [0.2, 0.25) is 0 Å². The maximum Gasteiger partial charge on any atom is 0.230 e. The van der Waals surface area contributed by atoms with Gasteiger partial charge in [0.15, 0.2) is 0 Å². The third-order valence-electron chi connectivity index (χ3n) is 2.68. The molecule has 0 fully saturated rings. The number of rotatable bonds is 4. The summed E-state index contributed by atoms with van der Waals surface area (Å²) in [5.41, 5.74) is 2.75. The SMILES string of the molecule is COc1cc(C)nc(Nc2ccccc2C(C)Cl)n1. The molecule has 0 aliphatic heterocycles. The van der Waals surface area contributed by atoms with Gasteiger partial charge >= 0.3 is 0 Å². The first-order chi connectivity index (χ1) is 9.10. The Morgan fingerprint density at radius 2 is 2.00 bits per heavy atom. The first-order valence-corrected chi connectivity index (χ1v) is 6.43. The topological polar surface area (TPSA) is 47.0 Å². The van der Waals surface area contributed by atoms with Crippen LogP contribution in [-0.2, 0) is 0 Å². The van der Waals surface area contributed by atoms with Crippen LogP contribution in [0, 0.1) is 6.92 Å². The minimum absolute atomic E-state index is 0.0876. The van der Waals surface area contributed by atoms with Gasteiger partial charge in [-0.25, -0.2) is 4.98 Å². The van der Waals surface area contributed by atoms with Crippen molar-refractivity contribution in [2.24, 2.45) is 0 Å². The summed E-state index contributed by atoms with van der Waals surface area (Å²) in [6.45, 7) is 3.82. The maximum absolute atomic E-state index is 6.16. The molecule has 0 saturated carbocycles. The second-order valence-electron chi connectivity index (χ2n) is 4.20. The molecular weight excluding hydrogens is 262 g/mol. The molecule has 4 nitrogen and oxygen atoms in total. The lowest BCUT2D eigenvalue weighted by molar-refractivity contribution is 0.397. The number of nitrogens with one attached hydrogen (secondary N) is 1. The molecule has 0 radical (unpaired) electrons. The average Bonchev–Trinajstić information content (AvgIpc) is 2.38. The van der Waals surface area contributed by atoms with Gasteiger partial charge in [0.05, 0.1) is 12.5 Å². The van der Waals surface area contributed by atoms with E-state index in [4.69, 9.17) is 16.3 Å². The predicted octanol–water partition coefficient (Wildman–Crippen LogP) is 3.84. The summed E-state index contributed by atoms with van der Waals surface area (Å²) in [7, 11) is 1.58. The van der Waals surface area contributed by atoms with E-state index in [0.29, 0.717) is 11.8 Å². The Bertz CT molecular complexity index is 572. The van der Waals surface area contributed by atoms with Gasteiger partial charge in [0, 0.05) is 17.4 Å². The van der Waals surface area contributed by atoms with Crippen molar-refractivity contribution in [2.45, 2.75) is 19.2 Å².